The van der Waals surface area contributed by atoms with Crippen LogP contribution in [0.3, 0.4) is 0 Å². The first-order chi connectivity index (χ1) is 12.7. The zero-order valence-corrected chi connectivity index (χ0v) is 15.1. The standard InChI is InChI=1S/C18H20N2O7/c1-5-27-17(22)18(23)11(3)19-10(2)14(16(21)26-4)15(18)12-7-6-8-13(9-12)20(24)25/h6-9,15,19,23H,3,5H2,1-2,4H3. The highest BCUT2D eigenvalue weighted by molar-refractivity contribution is 5.96. The molecule has 9 nitrogen and oxygen atoms in total. The molecule has 0 fully saturated rings. The molecule has 0 spiro atoms. The molecule has 0 radical (unpaired) electrons. The summed E-state index contributed by atoms with van der Waals surface area (Å²) in [6, 6.07) is 5.31. The monoisotopic (exact) mass is 376 g/mol. The Balaban J connectivity index is 2.79. The second kappa shape index (κ2) is 7.58. The van der Waals surface area contributed by atoms with Crippen molar-refractivity contribution in [3.8, 4) is 0 Å². The first-order valence-electron chi connectivity index (χ1n) is 8.07. The van der Waals surface area contributed by atoms with E-state index < -0.39 is 28.4 Å². The minimum absolute atomic E-state index is 0.0215. The second-order valence-corrected chi connectivity index (χ2v) is 5.91. The van der Waals surface area contributed by atoms with Crippen molar-refractivity contribution in [2.45, 2.75) is 25.4 Å². The van der Waals surface area contributed by atoms with Crippen LogP contribution in [-0.2, 0) is 19.1 Å². The van der Waals surface area contributed by atoms with Crippen LogP contribution in [0.1, 0.15) is 25.3 Å². The summed E-state index contributed by atoms with van der Waals surface area (Å²) in [6.07, 6.45) is 0. The van der Waals surface area contributed by atoms with Crippen molar-refractivity contribution in [1.82, 2.24) is 5.32 Å². The number of esters is 2. The Kier molecular flexibility index (Phi) is 5.65. The number of rotatable bonds is 5. The quantitative estimate of drug-likeness (QED) is 0.450. The Bertz CT molecular complexity index is 846. The van der Waals surface area contributed by atoms with Gasteiger partial charge in [-0.15, -0.1) is 0 Å². The van der Waals surface area contributed by atoms with Crippen LogP contribution in [0.2, 0.25) is 0 Å². The first-order valence-corrected chi connectivity index (χ1v) is 8.07. The van der Waals surface area contributed by atoms with E-state index in [0.29, 0.717) is 5.70 Å². The summed E-state index contributed by atoms with van der Waals surface area (Å²) < 4.78 is 9.78. The third kappa shape index (κ3) is 3.41. The Morgan fingerprint density at radius 3 is 2.67 bits per heavy atom. The molecular formula is C18H20N2O7. The lowest BCUT2D eigenvalue weighted by atomic mass is 9.72. The van der Waals surface area contributed by atoms with E-state index in [1.54, 1.807) is 13.8 Å². The highest BCUT2D eigenvalue weighted by Gasteiger charge is 2.55. The number of nitro benzene ring substituents is 1. The minimum Gasteiger partial charge on any atom is -0.466 e. The molecule has 0 amide bonds. The Hall–Kier alpha value is -3.20. The van der Waals surface area contributed by atoms with E-state index in [1.165, 1.54) is 24.3 Å². The lowest BCUT2D eigenvalue weighted by Gasteiger charge is -2.41. The number of non-ortho nitro benzene ring substituents is 1. The fourth-order valence-electron chi connectivity index (χ4n) is 3.08. The van der Waals surface area contributed by atoms with Gasteiger partial charge in [-0.1, -0.05) is 18.7 Å². The van der Waals surface area contributed by atoms with E-state index in [1.807, 2.05) is 0 Å². The van der Waals surface area contributed by atoms with Crippen LogP contribution < -0.4 is 5.32 Å². The number of hydrogen-bond acceptors (Lipinski definition) is 8. The number of aliphatic hydroxyl groups is 1. The smallest absolute Gasteiger partial charge is 0.345 e. The van der Waals surface area contributed by atoms with Gasteiger partial charge in [-0.05, 0) is 19.4 Å². The second-order valence-electron chi connectivity index (χ2n) is 5.91. The minimum atomic E-state index is -2.37. The van der Waals surface area contributed by atoms with Gasteiger partial charge < -0.3 is 19.9 Å². The summed E-state index contributed by atoms with van der Waals surface area (Å²) in [5, 5.41) is 25.1. The highest BCUT2D eigenvalue weighted by Crippen LogP contribution is 2.44. The van der Waals surface area contributed by atoms with Crippen molar-refractivity contribution < 1.29 is 29.1 Å². The SMILES string of the molecule is C=C1NC(C)=C(C(=O)OC)C(c2cccc([N+](=O)[O-])c2)C1(O)C(=O)OCC. The summed E-state index contributed by atoms with van der Waals surface area (Å²) in [5.74, 6) is -3.14. The summed E-state index contributed by atoms with van der Waals surface area (Å²) in [5.41, 5.74) is -2.32. The van der Waals surface area contributed by atoms with Gasteiger partial charge in [-0.2, -0.15) is 0 Å². The van der Waals surface area contributed by atoms with Gasteiger partial charge in [0.2, 0.25) is 5.60 Å². The number of methoxy groups -OCH3 is 1. The number of benzene rings is 1. The van der Waals surface area contributed by atoms with Crippen LogP contribution in [0.15, 0.2) is 47.8 Å². The number of nitrogens with zero attached hydrogens (tertiary/aromatic N) is 1. The summed E-state index contributed by atoms with van der Waals surface area (Å²) in [6.45, 7) is 6.78. The lowest BCUT2D eigenvalue weighted by Crippen LogP contribution is -2.55. The van der Waals surface area contributed by atoms with Crippen LogP contribution in [0.25, 0.3) is 0 Å². The fraction of sp³-hybridized carbons (Fsp3) is 0.333. The summed E-state index contributed by atoms with van der Waals surface area (Å²) in [4.78, 5) is 35.6. The van der Waals surface area contributed by atoms with Crippen LogP contribution in [0.5, 0.6) is 0 Å². The Morgan fingerprint density at radius 1 is 1.44 bits per heavy atom. The van der Waals surface area contributed by atoms with Crippen LogP contribution in [0.4, 0.5) is 5.69 Å². The molecule has 1 heterocycles. The van der Waals surface area contributed by atoms with Crippen molar-refractivity contribution in [2.24, 2.45) is 0 Å². The van der Waals surface area contributed by atoms with Gasteiger partial charge >= 0.3 is 11.9 Å². The summed E-state index contributed by atoms with van der Waals surface area (Å²) in [7, 11) is 1.15. The highest BCUT2D eigenvalue weighted by atomic mass is 16.6. The van der Waals surface area contributed by atoms with Crippen molar-refractivity contribution in [1.29, 1.82) is 0 Å². The van der Waals surface area contributed by atoms with E-state index in [0.717, 1.165) is 7.11 Å². The zero-order chi connectivity index (χ0) is 20.4. The molecule has 1 aliphatic rings. The maximum Gasteiger partial charge on any atom is 0.345 e. The van der Waals surface area contributed by atoms with Crippen molar-refractivity contribution in [3.63, 3.8) is 0 Å². The Morgan fingerprint density at radius 2 is 2.11 bits per heavy atom. The topological polar surface area (TPSA) is 128 Å². The van der Waals surface area contributed by atoms with Crippen LogP contribution in [-0.4, -0.2) is 41.3 Å². The third-order valence-electron chi connectivity index (χ3n) is 4.32. The molecule has 1 aliphatic heterocycles. The number of carbonyl (C=O) groups is 2. The van der Waals surface area contributed by atoms with E-state index in [2.05, 4.69) is 11.9 Å². The fourth-order valence-corrected chi connectivity index (χ4v) is 3.08. The predicted molar refractivity (Wildman–Crippen MR) is 94.4 cm³/mol. The molecule has 0 bridgehead atoms. The van der Waals surface area contributed by atoms with E-state index in [9.17, 15) is 24.8 Å². The average molecular weight is 376 g/mol. The van der Waals surface area contributed by atoms with Crippen molar-refractivity contribution in [2.75, 3.05) is 13.7 Å². The largest absolute Gasteiger partial charge is 0.466 e. The third-order valence-corrected chi connectivity index (χ3v) is 4.32. The number of carbonyl (C=O) groups excluding carboxylic acids is 2. The van der Waals surface area contributed by atoms with Gasteiger partial charge in [0.25, 0.3) is 5.69 Å². The molecule has 2 unspecified atom stereocenters. The molecular weight excluding hydrogens is 356 g/mol. The molecule has 0 aromatic heterocycles. The average Bonchev–Trinajstić information content (AvgIpc) is 2.63. The molecule has 27 heavy (non-hydrogen) atoms. The molecule has 0 saturated carbocycles. The van der Waals surface area contributed by atoms with Gasteiger partial charge in [-0.3, -0.25) is 10.1 Å². The van der Waals surface area contributed by atoms with E-state index in [4.69, 9.17) is 9.47 Å². The maximum atomic E-state index is 12.6. The van der Waals surface area contributed by atoms with Gasteiger partial charge in [0.1, 0.15) is 0 Å². The number of ether oxygens (including phenoxy) is 2. The number of nitrogens with one attached hydrogen (secondary N) is 1. The molecule has 2 N–H and O–H groups in total. The zero-order valence-electron chi connectivity index (χ0n) is 15.1. The number of hydrogen-bond donors (Lipinski definition) is 2. The molecule has 1 aromatic carbocycles. The number of allylic oxidation sites excluding steroid dienone is 1. The summed E-state index contributed by atoms with van der Waals surface area (Å²) >= 11 is 0. The molecule has 2 rings (SSSR count). The van der Waals surface area contributed by atoms with Crippen molar-refractivity contribution >= 4 is 17.6 Å². The predicted octanol–water partition coefficient (Wildman–Crippen LogP) is 1.54. The number of nitro groups is 1. The molecule has 2 atom stereocenters. The van der Waals surface area contributed by atoms with E-state index >= 15 is 0 Å². The molecule has 9 heteroatoms. The molecule has 1 aromatic rings. The van der Waals surface area contributed by atoms with Gasteiger partial charge in [0, 0.05) is 17.8 Å². The van der Waals surface area contributed by atoms with Gasteiger partial charge in [0.05, 0.1) is 35.8 Å². The van der Waals surface area contributed by atoms with Crippen LogP contribution in [0, 0.1) is 10.1 Å². The maximum absolute atomic E-state index is 12.6. The molecule has 0 saturated heterocycles. The van der Waals surface area contributed by atoms with Gasteiger partial charge in [-0.25, -0.2) is 9.59 Å². The molecule has 0 aliphatic carbocycles. The van der Waals surface area contributed by atoms with E-state index in [-0.39, 0.29) is 29.1 Å². The van der Waals surface area contributed by atoms with Crippen molar-refractivity contribution in [3.05, 3.63) is 63.5 Å². The first kappa shape index (κ1) is 20.1. The lowest BCUT2D eigenvalue weighted by molar-refractivity contribution is -0.384. The molecule has 144 valence electrons. The van der Waals surface area contributed by atoms with Gasteiger partial charge in [0.15, 0.2) is 0 Å². The normalized spacial score (nSPS) is 22.1. The van der Waals surface area contributed by atoms with Crippen LogP contribution >= 0.6 is 0 Å². The Labute approximate surface area is 155 Å².